The average Bonchev–Trinajstić information content (AvgIpc) is 2.48. The van der Waals surface area contributed by atoms with Gasteiger partial charge in [0.15, 0.2) is 0 Å². The van der Waals surface area contributed by atoms with Gasteiger partial charge in [-0.3, -0.25) is 0 Å². The molecule has 0 N–H and O–H groups in total. The number of alkyl halides is 1. The number of rotatable bonds is 2. The zero-order valence-electron chi connectivity index (χ0n) is 7.57. The summed E-state index contributed by atoms with van der Waals surface area (Å²) in [6.07, 6.45) is 1.14. The summed E-state index contributed by atoms with van der Waals surface area (Å²) in [5.41, 5.74) is 1.10. The Labute approximate surface area is 76.8 Å². The molecular weight excluding hydrogens is 165 g/mol. The molecule has 1 aromatic carbocycles. The van der Waals surface area contributed by atoms with E-state index >= 15 is 0 Å². The topological polar surface area (TPSA) is 4.93 Å². The quantitative estimate of drug-likeness (QED) is 0.664. The van der Waals surface area contributed by atoms with Crippen LogP contribution in [0.5, 0.6) is 0 Å². The Bertz CT molecular complexity index is 403. The first-order valence-corrected chi connectivity index (χ1v) is 4.45. The van der Waals surface area contributed by atoms with Crippen molar-refractivity contribution in [2.24, 2.45) is 0 Å². The van der Waals surface area contributed by atoms with Crippen molar-refractivity contribution in [2.45, 2.75) is 19.6 Å². The van der Waals surface area contributed by atoms with E-state index in [9.17, 15) is 4.39 Å². The Kier molecular flexibility index (Phi) is 2.05. The second-order valence-corrected chi connectivity index (χ2v) is 3.31. The Balaban J connectivity index is 2.46. The van der Waals surface area contributed by atoms with E-state index in [1.165, 1.54) is 5.39 Å². The van der Waals surface area contributed by atoms with Crippen molar-refractivity contribution >= 4 is 10.9 Å². The van der Waals surface area contributed by atoms with Gasteiger partial charge in [0.1, 0.15) is 6.17 Å². The van der Waals surface area contributed by atoms with Crippen molar-refractivity contribution < 1.29 is 4.39 Å². The number of halogens is 1. The fourth-order valence-corrected chi connectivity index (χ4v) is 1.57. The molecular formula is C11H12FN. The second-order valence-electron chi connectivity index (χ2n) is 3.31. The zero-order chi connectivity index (χ0) is 9.26. The van der Waals surface area contributed by atoms with Crippen molar-refractivity contribution in [2.75, 3.05) is 0 Å². The summed E-state index contributed by atoms with van der Waals surface area (Å²) in [6.45, 7) is 2.02. The van der Waals surface area contributed by atoms with Gasteiger partial charge >= 0.3 is 0 Å². The number of para-hydroxylation sites is 1. The van der Waals surface area contributed by atoms with E-state index in [1.54, 1.807) is 6.92 Å². The zero-order valence-corrected chi connectivity index (χ0v) is 7.57. The van der Waals surface area contributed by atoms with Crippen LogP contribution in [0.25, 0.3) is 10.9 Å². The monoisotopic (exact) mass is 177 g/mol. The van der Waals surface area contributed by atoms with Gasteiger partial charge in [0.2, 0.25) is 0 Å². The van der Waals surface area contributed by atoms with Crippen LogP contribution in [0.1, 0.15) is 6.92 Å². The maximum Gasteiger partial charge on any atom is 0.115 e. The van der Waals surface area contributed by atoms with Crippen molar-refractivity contribution in [1.29, 1.82) is 0 Å². The maximum atomic E-state index is 12.8. The van der Waals surface area contributed by atoms with Crippen LogP contribution in [0.3, 0.4) is 0 Å². The Hall–Kier alpha value is -1.31. The second kappa shape index (κ2) is 3.21. The molecule has 0 radical (unpaired) electrons. The summed E-state index contributed by atoms with van der Waals surface area (Å²) in [7, 11) is 0. The van der Waals surface area contributed by atoms with Crippen molar-refractivity contribution in [1.82, 2.24) is 4.57 Å². The summed E-state index contributed by atoms with van der Waals surface area (Å²) < 4.78 is 14.7. The van der Waals surface area contributed by atoms with Crippen LogP contribution in [0, 0.1) is 0 Å². The van der Waals surface area contributed by atoms with Crippen LogP contribution in [0.2, 0.25) is 0 Å². The maximum absolute atomic E-state index is 12.8. The highest BCUT2D eigenvalue weighted by Crippen LogP contribution is 2.15. The van der Waals surface area contributed by atoms with Gasteiger partial charge in [-0.05, 0) is 24.4 Å². The van der Waals surface area contributed by atoms with Gasteiger partial charge in [-0.25, -0.2) is 4.39 Å². The third-order valence-corrected chi connectivity index (χ3v) is 2.13. The summed E-state index contributed by atoms with van der Waals surface area (Å²) >= 11 is 0. The first kappa shape index (κ1) is 8.30. The van der Waals surface area contributed by atoms with Crippen LogP contribution >= 0.6 is 0 Å². The molecule has 1 nitrogen and oxygen atoms in total. The minimum atomic E-state index is -0.796. The van der Waals surface area contributed by atoms with Crippen molar-refractivity contribution in [3.8, 4) is 0 Å². The lowest BCUT2D eigenvalue weighted by Crippen LogP contribution is -2.05. The molecule has 1 atom stereocenters. The molecule has 68 valence electrons. The molecule has 0 spiro atoms. The van der Waals surface area contributed by atoms with E-state index < -0.39 is 6.17 Å². The molecule has 0 aliphatic carbocycles. The minimum absolute atomic E-state index is 0.438. The van der Waals surface area contributed by atoms with E-state index in [0.717, 1.165) is 5.52 Å². The van der Waals surface area contributed by atoms with Crippen LogP contribution in [0.4, 0.5) is 4.39 Å². The summed E-state index contributed by atoms with van der Waals surface area (Å²) in [5.74, 6) is 0. The summed E-state index contributed by atoms with van der Waals surface area (Å²) in [4.78, 5) is 0. The van der Waals surface area contributed by atoms with Crippen molar-refractivity contribution in [3.05, 3.63) is 36.5 Å². The fourth-order valence-electron chi connectivity index (χ4n) is 1.57. The number of benzene rings is 1. The van der Waals surface area contributed by atoms with Gasteiger partial charge in [-0.2, -0.15) is 0 Å². The normalized spacial score (nSPS) is 13.4. The van der Waals surface area contributed by atoms with Crippen LogP contribution < -0.4 is 0 Å². The standard InChI is InChI=1S/C11H12FN/c1-9(12)8-13-7-6-10-4-2-3-5-11(10)13/h2-7,9H,8H2,1H3. The molecule has 0 aliphatic heterocycles. The van der Waals surface area contributed by atoms with Crippen molar-refractivity contribution in [3.63, 3.8) is 0 Å². The van der Waals surface area contributed by atoms with Gasteiger partial charge in [0, 0.05) is 11.7 Å². The van der Waals surface area contributed by atoms with E-state index in [4.69, 9.17) is 0 Å². The Morgan fingerprint density at radius 1 is 1.31 bits per heavy atom. The first-order chi connectivity index (χ1) is 6.27. The third-order valence-electron chi connectivity index (χ3n) is 2.13. The Morgan fingerprint density at radius 3 is 2.85 bits per heavy atom. The smallest absolute Gasteiger partial charge is 0.115 e. The van der Waals surface area contributed by atoms with Crippen LogP contribution in [-0.2, 0) is 6.54 Å². The highest BCUT2D eigenvalue weighted by molar-refractivity contribution is 5.79. The Morgan fingerprint density at radius 2 is 2.08 bits per heavy atom. The molecule has 2 rings (SSSR count). The number of nitrogens with zero attached hydrogens (tertiary/aromatic N) is 1. The first-order valence-electron chi connectivity index (χ1n) is 4.45. The molecule has 13 heavy (non-hydrogen) atoms. The third kappa shape index (κ3) is 1.57. The van der Waals surface area contributed by atoms with E-state index in [-0.39, 0.29) is 0 Å². The number of aromatic nitrogens is 1. The molecule has 0 amide bonds. The molecule has 2 aromatic rings. The van der Waals surface area contributed by atoms with Crippen LogP contribution in [0.15, 0.2) is 36.5 Å². The molecule has 0 bridgehead atoms. The lowest BCUT2D eigenvalue weighted by molar-refractivity contribution is 0.324. The highest BCUT2D eigenvalue weighted by atomic mass is 19.1. The molecule has 1 aromatic heterocycles. The van der Waals surface area contributed by atoms with Gasteiger partial charge in [0.25, 0.3) is 0 Å². The average molecular weight is 177 g/mol. The lowest BCUT2D eigenvalue weighted by Gasteiger charge is -2.05. The molecule has 2 heteroatoms. The minimum Gasteiger partial charge on any atom is -0.345 e. The number of hydrogen-bond donors (Lipinski definition) is 0. The van der Waals surface area contributed by atoms with E-state index in [0.29, 0.717) is 6.54 Å². The molecule has 0 aliphatic rings. The largest absolute Gasteiger partial charge is 0.345 e. The number of fused-ring (bicyclic) bond motifs is 1. The fraction of sp³-hybridized carbons (Fsp3) is 0.273. The predicted octanol–water partition coefficient (Wildman–Crippen LogP) is 3.00. The highest BCUT2D eigenvalue weighted by Gasteiger charge is 2.02. The molecule has 0 saturated carbocycles. The van der Waals surface area contributed by atoms with Crippen LogP contribution in [-0.4, -0.2) is 10.7 Å². The SMILES string of the molecule is CC(F)Cn1ccc2ccccc21. The molecule has 0 saturated heterocycles. The molecule has 0 fully saturated rings. The molecule has 1 unspecified atom stereocenters. The number of hydrogen-bond acceptors (Lipinski definition) is 0. The summed E-state index contributed by atoms with van der Waals surface area (Å²) in [6, 6.07) is 10.0. The van der Waals surface area contributed by atoms with Gasteiger partial charge < -0.3 is 4.57 Å². The van der Waals surface area contributed by atoms with Gasteiger partial charge in [-0.1, -0.05) is 18.2 Å². The van der Waals surface area contributed by atoms with Gasteiger partial charge in [0.05, 0.1) is 6.54 Å². The predicted molar refractivity (Wildman–Crippen MR) is 52.5 cm³/mol. The summed E-state index contributed by atoms with van der Waals surface area (Å²) in [5, 5.41) is 1.17. The van der Waals surface area contributed by atoms with E-state index in [2.05, 4.69) is 0 Å². The molecule has 1 heterocycles. The lowest BCUT2D eigenvalue weighted by atomic mass is 10.2. The van der Waals surface area contributed by atoms with E-state index in [1.807, 2.05) is 41.1 Å². The van der Waals surface area contributed by atoms with Gasteiger partial charge in [-0.15, -0.1) is 0 Å².